The monoisotopic (exact) mass is 487 g/mol. The molecule has 2 rings (SSSR count). The molecule has 2 aliphatic rings. The Labute approximate surface area is 207 Å². The molecule has 0 radical (unpaired) electrons. The van der Waals surface area contributed by atoms with E-state index in [9.17, 15) is 24.3 Å². The minimum atomic E-state index is -0.929. The largest absolute Gasteiger partial charge is 0.454 e. The van der Waals surface area contributed by atoms with Crippen molar-refractivity contribution in [2.24, 2.45) is 17.8 Å². The van der Waals surface area contributed by atoms with Crippen molar-refractivity contribution in [2.45, 2.75) is 71.2 Å². The molecule has 35 heavy (non-hydrogen) atoms. The topological polar surface area (TPSA) is 119 Å². The molecule has 0 aromatic carbocycles. The summed E-state index contributed by atoms with van der Waals surface area (Å²) in [5.74, 6) is -2.34. The Morgan fingerprint density at radius 1 is 1.23 bits per heavy atom. The molecule has 0 bridgehead atoms. The molecule has 1 fully saturated rings. The number of hydrogen-bond acceptors (Lipinski definition) is 7. The average Bonchev–Trinajstić information content (AvgIpc) is 2.79. The number of hydrogen-bond donors (Lipinski definition) is 2. The molecule has 0 spiro atoms. The van der Waals surface area contributed by atoms with Gasteiger partial charge in [-0.25, -0.2) is 4.79 Å². The Morgan fingerprint density at radius 3 is 2.54 bits per heavy atom. The Bertz CT molecular complexity index is 885. The van der Waals surface area contributed by atoms with E-state index in [2.05, 4.69) is 5.32 Å². The van der Waals surface area contributed by atoms with Crippen LogP contribution in [0.2, 0.25) is 0 Å². The van der Waals surface area contributed by atoms with Gasteiger partial charge in [0.15, 0.2) is 5.78 Å². The van der Waals surface area contributed by atoms with Crippen LogP contribution < -0.4 is 5.32 Å². The van der Waals surface area contributed by atoms with Gasteiger partial charge in [-0.05, 0) is 43.8 Å². The zero-order valence-corrected chi connectivity index (χ0v) is 20.9. The summed E-state index contributed by atoms with van der Waals surface area (Å²) < 4.78 is 11.1. The molecule has 2 heterocycles. The van der Waals surface area contributed by atoms with Gasteiger partial charge in [-0.1, -0.05) is 44.2 Å². The van der Waals surface area contributed by atoms with Crippen LogP contribution in [0.1, 0.15) is 52.9 Å². The van der Waals surface area contributed by atoms with Crippen LogP contribution in [-0.2, 0) is 28.7 Å². The van der Waals surface area contributed by atoms with E-state index in [1.54, 1.807) is 39.0 Å². The Kier molecular flexibility index (Phi) is 11.3. The second kappa shape index (κ2) is 13.9. The third-order valence-corrected chi connectivity index (χ3v) is 6.34. The molecular weight excluding hydrogens is 450 g/mol. The minimum absolute atomic E-state index is 0.110. The van der Waals surface area contributed by atoms with Gasteiger partial charge in [0.05, 0.1) is 6.10 Å². The van der Waals surface area contributed by atoms with E-state index in [1.165, 1.54) is 19.3 Å². The van der Waals surface area contributed by atoms with Gasteiger partial charge in [-0.2, -0.15) is 0 Å². The zero-order chi connectivity index (χ0) is 26.0. The Balaban J connectivity index is 2.12. The first-order valence-electron chi connectivity index (χ1n) is 12.1. The number of methoxy groups -OCH3 is 1. The molecule has 0 aliphatic carbocycles. The highest BCUT2D eigenvalue weighted by Gasteiger charge is 2.33. The number of carbonyl (C=O) groups is 4. The lowest BCUT2D eigenvalue weighted by Gasteiger charge is -2.31. The van der Waals surface area contributed by atoms with Crippen LogP contribution in [0, 0.1) is 17.8 Å². The van der Waals surface area contributed by atoms with Crippen molar-refractivity contribution in [3.63, 3.8) is 0 Å². The molecule has 2 amide bonds. The number of carbonyl (C=O) groups excluding carboxylic acids is 4. The van der Waals surface area contributed by atoms with Crippen molar-refractivity contribution in [1.82, 2.24) is 5.32 Å². The first-order chi connectivity index (χ1) is 16.6. The predicted molar refractivity (Wildman–Crippen MR) is 131 cm³/mol. The van der Waals surface area contributed by atoms with Gasteiger partial charge in [0.1, 0.15) is 12.2 Å². The van der Waals surface area contributed by atoms with Crippen LogP contribution in [-0.4, -0.2) is 54.1 Å². The standard InChI is InChI=1S/C27H37NO7/c1-17(21(29)11-9-10-20-15-23(30)28-24(31)16-20)14-18(2)27-19(3)26(33)22(34-4)12-7-5-6-8-13-25(32)35-27/h7-9,11-14,17,19-20,22,26-27,33H,5-6,10,15-16H2,1-4H3,(H,28,30,31). The van der Waals surface area contributed by atoms with Gasteiger partial charge < -0.3 is 14.6 Å². The van der Waals surface area contributed by atoms with Crippen molar-refractivity contribution in [3.8, 4) is 0 Å². The molecule has 5 unspecified atom stereocenters. The number of aliphatic hydroxyl groups is 1. The molecule has 8 heteroatoms. The molecule has 5 atom stereocenters. The van der Waals surface area contributed by atoms with E-state index in [1.807, 2.05) is 12.2 Å². The fraction of sp³-hybridized carbons (Fsp3) is 0.556. The summed E-state index contributed by atoms with van der Waals surface area (Å²) >= 11 is 0. The lowest BCUT2D eigenvalue weighted by molar-refractivity contribution is -0.147. The van der Waals surface area contributed by atoms with Gasteiger partial charge in [0, 0.05) is 37.9 Å². The van der Waals surface area contributed by atoms with Crippen LogP contribution >= 0.6 is 0 Å². The lowest BCUT2D eigenvalue weighted by atomic mass is 9.87. The molecule has 192 valence electrons. The predicted octanol–water partition coefficient (Wildman–Crippen LogP) is 2.97. The van der Waals surface area contributed by atoms with Gasteiger partial charge in [0.2, 0.25) is 11.8 Å². The van der Waals surface area contributed by atoms with Gasteiger partial charge in [-0.3, -0.25) is 19.7 Å². The van der Waals surface area contributed by atoms with Crippen LogP contribution in [0.4, 0.5) is 0 Å². The summed E-state index contributed by atoms with van der Waals surface area (Å²) in [5, 5.41) is 13.2. The third-order valence-electron chi connectivity index (χ3n) is 6.34. The average molecular weight is 488 g/mol. The van der Waals surface area contributed by atoms with E-state index in [-0.39, 0.29) is 36.4 Å². The number of rotatable bonds is 7. The lowest BCUT2D eigenvalue weighted by Crippen LogP contribution is -2.41. The molecule has 1 saturated heterocycles. The van der Waals surface area contributed by atoms with Gasteiger partial charge in [-0.15, -0.1) is 0 Å². The summed E-state index contributed by atoms with van der Waals surface area (Å²) in [5.41, 5.74) is 0.651. The van der Waals surface area contributed by atoms with Crippen molar-refractivity contribution in [1.29, 1.82) is 0 Å². The maximum Gasteiger partial charge on any atom is 0.331 e. The number of aliphatic hydroxyl groups excluding tert-OH is 1. The number of allylic oxidation sites excluding steroid dienone is 5. The summed E-state index contributed by atoms with van der Waals surface area (Å²) in [4.78, 5) is 48.0. The van der Waals surface area contributed by atoms with Crippen molar-refractivity contribution >= 4 is 23.6 Å². The number of ether oxygens (including phenoxy) is 2. The van der Waals surface area contributed by atoms with Crippen molar-refractivity contribution in [3.05, 3.63) is 48.1 Å². The fourth-order valence-corrected chi connectivity index (χ4v) is 4.31. The Morgan fingerprint density at radius 2 is 1.89 bits per heavy atom. The third kappa shape index (κ3) is 9.03. The normalized spacial score (nSPS) is 28.3. The van der Waals surface area contributed by atoms with E-state index in [4.69, 9.17) is 9.47 Å². The number of amides is 2. The first kappa shape index (κ1) is 28.4. The van der Waals surface area contributed by atoms with E-state index >= 15 is 0 Å². The summed E-state index contributed by atoms with van der Waals surface area (Å²) in [7, 11) is 1.52. The smallest absolute Gasteiger partial charge is 0.331 e. The molecule has 0 saturated carbocycles. The highest BCUT2D eigenvalue weighted by Crippen LogP contribution is 2.25. The number of ketones is 1. The number of imide groups is 1. The quantitative estimate of drug-likeness (QED) is 0.245. The highest BCUT2D eigenvalue weighted by atomic mass is 16.5. The van der Waals surface area contributed by atoms with Gasteiger partial charge >= 0.3 is 5.97 Å². The maximum absolute atomic E-state index is 12.7. The highest BCUT2D eigenvalue weighted by molar-refractivity contribution is 5.97. The van der Waals surface area contributed by atoms with Gasteiger partial charge in [0.25, 0.3) is 0 Å². The summed E-state index contributed by atoms with van der Waals surface area (Å²) in [6, 6.07) is 0. The fourth-order valence-electron chi connectivity index (χ4n) is 4.31. The minimum Gasteiger partial charge on any atom is -0.454 e. The maximum atomic E-state index is 12.7. The van der Waals surface area contributed by atoms with Crippen LogP contribution in [0.25, 0.3) is 0 Å². The van der Waals surface area contributed by atoms with Crippen LogP contribution in [0.3, 0.4) is 0 Å². The summed E-state index contributed by atoms with van der Waals surface area (Å²) in [6.45, 7) is 5.30. The number of piperidine rings is 1. The molecule has 0 aromatic rings. The second-order valence-electron chi connectivity index (χ2n) is 9.30. The number of cyclic esters (lactones) is 1. The second-order valence-corrected chi connectivity index (χ2v) is 9.30. The first-order valence-corrected chi connectivity index (χ1v) is 12.1. The zero-order valence-electron chi connectivity index (χ0n) is 20.9. The van der Waals surface area contributed by atoms with Crippen LogP contribution in [0.5, 0.6) is 0 Å². The van der Waals surface area contributed by atoms with E-state index < -0.39 is 36.1 Å². The van der Waals surface area contributed by atoms with E-state index in [0.717, 1.165) is 0 Å². The van der Waals surface area contributed by atoms with E-state index in [0.29, 0.717) is 24.8 Å². The van der Waals surface area contributed by atoms with Crippen molar-refractivity contribution < 1.29 is 33.8 Å². The van der Waals surface area contributed by atoms with Crippen LogP contribution in [0.15, 0.2) is 48.1 Å². The molecule has 2 aliphatic heterocycles. The molecular formula is C27H37NO7. The SMILES string of the molecule is COC1C=CCCC=CC(=O)OC(C(C)=CC(C)C(=O)C=CCC2CC(=O)NC(=O)C2)C(C)C1O. The van der Waals surface area contributed by atoms with Crippen molar-refractivity contribution in [2.75, 3.05) is 7.11 Å². The molecule has 8 nitrogen and oxygen atoms in total. The summed E-state index contributed by atoms with van der Waals surface area (Å²) in [6.07, 6.45) is 11.9. The number of esters is 1. The Hall–Kier alpha value is -2.84. The number of nitrogens with one attached hydrogen (secondary N) is 1. The molecule has 0 aromatic heterocycles. The molecule has 2 N–H and O–H groups in total.